The average molecular weight is 272 g/mol. The molecule has 5 nitrogen and oxygen atoms in total. The van der Waals surface area contributed by atoms with Crippen LogP contribution in [0.15, 0.2) is 18.2 Å². The number of ether oxygens (including phenoxy) is 1. The number of quaternary nitrogens is 1. The Balaban J connectivity index is 2.12. The Morgan fingerprint density at radius 1 is 1.33 bits per heavy atom. The van der Waals surface area contributed by atoms with Crippen LogP contribution >= 0.6 is 7.60 Å². The van der Waals surface area contributed by atoms with E-state index in [1.54, 1.807) is 6.07 Å². The van der Waals surface area contributed by atoms with Crippen LogP contribution in [-0.4, -0.2) is 41.3 Å². The summed E-state index contributed by atoms with van der Waals surface area (Å²) in [6.07, 6.45) is 0.406. The van der Waals surface area contributed by atoms with E-state index in [9.17, 15) is 4.57 Å². The van der Waals surface area contributed by atoms with E-state index in [1.807, 2.05) is 12.1 Å². The first kappa shape index (κ1) is 13.6. The van der Waals surface area contributed by atoms with E-state index >= 15 is 0 Å². The molecule has 6 heteroatoms. The summed E-state index contributed by atoms with van der Waals surface area (Å²) in [6.45, 7) is 2.04. The Labute approximate surface area is 107 Å². The van der Waals surface area contributed by atoms with Crippen molar-refractivity contribution >= 4 is 7.60 Å². The Bertz CT molecular complexity index is 495. The third-order valence-electron chi connectivity index (χ3n) is 3.16. The summed E-state index contributed by atoms with van der Waals surface area (Å²) in [5.74, 6) is 0.532. The van der Waals surface area contributed by atoms with E-state index in [1.165, 1.54) is 11.1 Å². The van der Waals surface area contributed by atoms with Crippen molar-refractivity contribution in [2.45, 2.75) is 13.0 Å². The van der Waals surface area contributed by atoms with Gasteiger partial charge < -0.3 is 19.0 Å². The molecule has 100 valence electrons. The number of nitrogens with zero attached hydrogens (tertiary/aromatic N) is 1. The van der Waals surface area contributed by atoms with Crippen LogP contribution in [-0.2, 0) is 17.5 Å². The van der Waals surface area contributed by atoms with Gasteiger partial charge in [-0.05, 0) is 23.8 Å². The number of fused-ring (bicyclic) bond motifs is 1. The van der Waals surface area contributed by atoms with Crippen LogP contribution in [0.5, 0.6) is 5.75 Å². The highest BCUT2D eigenvalue weighted by Crippen LogP contribution is 2.35. The molecule has 0 fully saturated rings. The Morgan fingerprint density at radius 2 is 2.06 bits per heavy atom. The van der Waals surface area contributed by atoms with Crippen molar-refractivity contribution in [3.8, 4) is 5.75 Å². The minimum Gasteiger partial charge on any atom is -0.481 e. The summed E-state index contributed by atoms with van der Waals surface area (Å²) in [6, 6.07) is 5.66. The zero-order valence-electron chi connectivity index (χ0n) is 10.7. The van der Waals surface area contributed by atoms with Crippen molar-refractivity contribution in [2.75, 3.05) is 27.0 Å². The smallest absolute Gasteiger partial charge is 0.362 e. The molecule has 18 heavy (non-hydrogen) atoms. The molecule has 0 aromatic heterocycles. The van der Waals surface area contributed by atoms with Gasteiger partial charge in [0.1, 0.15) is 12.3 Å². The normalized spacial score (nSPS) is 18.2. The molecule has 0 aliphatic carbocycles. The lowest BCUT2D eigenvalue weighted by molar-refractivity contribution is -0.905. The van der Waals surface area contributed by atoms with E-state index in [4.69, 9.17) is 14.5 Å². The first-order valence-corrected chi connectivity index (χ1v) is 7.66. The fraction of sp³-hybridized carbons (Fsp3) is 0.500. The number of hydrogen-bond acceptors (Lipinski definition) is 2. The van der Waals surface area contributed by atoms with Gasteiger partial charge in [-0.2, -0.15) is 0 Å². The second-order valence-electron chi connectivity index (χ2n) is 5.44. The topological polar surface area (TPSA) is 66.8 Å². The number of likely N-dealkylation sites (N-methyl/N-ethyl adjacent to an activating group) is 1. The maximum absolute atomic E-state index is 10.7. The van der Waals surface area contributed by atoms with Crippen molar-refractivity contribution in [1.82, 2.24) is 0 Å². The van der Waals surface area contributed by atoms with Gasteiger partial charge in [-0.1, -0.05) is 0 Å². The molecule has 2 N–H and O–H groups in total. The Kier molecular flexibility index (Phi) is 3.52. The van der Waals surface area contributed by atoms with Crippen LogP contribution in [0.25, 0.3) is 0 Å². The maximum atomic E-state index is 10.7. The molecule has 1 aromatic carbocycles. The Morgan fingerprint density at radius 3 is 2.72 bits per heavy atom. The van der Waals surface area contributed by atoms with Gasteiger partial charge in [0.05, 0.1) is 20.6 Å². The van der Waals surface area contributed by atoms with Gasteiger partial charge in [0.15, 0.2) is 6.35 Å². The highest BCUT2D eigenvalue weighted by molar-refractivity contribution is 7.51. The van der Waals surface area contributed by atoms with Gasteiger partial charge in [0.2, 0.25) is 0 Å². The zero-order valence-corrected chi connectivity index (χ0v) is 11.6. The molecule has 0 bridgehead atoms. The van der Waals surface area contributed by atoms with E-state index in [2.05, 4.69) is 14.1 Å². The molecular weight excluding hydrogens is 253 g/mol. The van der Waals surface area contributed by atoms with Gasteiger partial charge in [-0.3, -0.25) is 4.57 Å². The lowest BCUT2D eigenvalue weighted by Gasteiger charge is -2.34. The second kappa shape index (κ2) is 4.67. The van der Waals surface area contributed by atoms with E-state index in [0.29, 0.717) is 5.75 Å². The molecule has 0 amide bonds. The van der Waals surface area contributed by atoms with Gasteiger partial charge in [0.25, 0.3) is 0 Å². The third-order valence-corrected chi connectivity index (χ3v) is 3.63. The minimum absolute atomic E-state index is 0.532. The molecule has 0 atom stereocenters. The van der Waals surface area contributed by atoms with E-state index in [0.717, 1.165) is 24.0 Å². The number of hydrogen-bond donors (Lipinski definition) is 2. The lowest BCUT2D eigenvalue weighted by atomic mass is 9.98. The molecular formula is C12H19NO4P+. The predicted octanol–water partition coefficient (Wildman–Crippen LogP) is 1.33. The average Bonchev–Trinajstić information content (AvgIpc) is 2.24. The highest BCUT2D eigenvalue weighted by Gasteiger charge is 2.24. The summed E-state index contributed by atoms with van der Waals surface area (Å²) < 4.78 is 16.8. The molecule has 1 aromatic rings. The minimum atomic E-state index is -4.11. The molecule has 1 aliphatic heterocycles. The van der Waals surface area contributed by atoms with Gasteiger partial charge in [-0.25, -0.2) is 0 Å². The Hall–Kier alpha value is -0.870. The summed E-state index contributed by atoms with van der Waals surface area (Å²) in [5.41, 5.74) is 2.51. The maximum Gasteiger partial charge on any atom is 0.362 e. The van der Waals surface area contributed by atoms with E-state index < -0.39 is 13.9 Å². The van der Waals surface area contributed by atoms with Crippen molar-refractivity contribution in [2.24, 2.45) is 0 Å². The number of rotatable bonds is 3. The molecule has 0 saturated heterocycles. The van der Waals surface area contributed by atoms with Gasteiger partial charge >= 0.3 is 7.60 Å². The van der Waals surface area contributed by atoms with E-state index in [-0.39, 0.29) is 0 Å². The van der Waals surface area contributed by atoms with Crippen LogP contribution < -0.4 is 4.74 Å². The third kappa shape index (κ3) is 3.56. The van der Waals surface area contributed by atoms with Gasteiger partial charge in [0, 0.05) is 12.0 Å². The SMILES string of the molecule is C[N+]1(C)CCc2cc(OCP(=O)(O)O)ccc2C1. The summed E-state index contributed by atoms with van der Waals surface area (Å²) in [4.78, 5) is 17.5. The zero-order chi connectivity index (χ0) is 13.4. The molecule has 0 radical (unpaired) electrons. The molecule has 1 heterocycles. The van der Waals surface area contributed by atoms with Crippen LogP contribution in [0.3, 0.4) is 0 Å². The summed E-state index contributed by atoms with van der Waals surface area (Å²) >= 11 is 0. The fourth-order valence-corrected chi connectivity index (χ4v) is 2.52. The monoisotopic (exact) mass is 272 g/mol. The fourth-order valence-electron chi connectivity index (χ4n) is 2.20. The standard InChI is InChI=1S/C12H18NO4P/c1-13(2)6-5-10-7-12(4-3-11(10)8-13)17-9-18(14,15)16/h3-4,7H,5-6,8-9H2,1-2H3,(H-,14,15,16)/p+1. The van der Waals surface area contributed by atoms with Crippen molar-refractivity contribution in [3.05, 3.63) is 29.3 Å². The lowest BCUT2D eigenvalue weighted by Crippen LogP contribution is -2.43. The van der Waals surface area contributed by atoms with Crippen LogP contribution in [0, 0.1) is 0 Å². The van der Waals surface area contributed by atoms with Crippen LogP contribution in [0.1, 0.15) is 11.1 Å². The molecule has 1 aliphatic rings. The second-order valence-corrected chi connectivity index (χ2v) is 7.02. The first-order valence-electron chi connectivity index (χ1n) is 5.86. The van der Waals surface area contributed by atoms with Crippen LogP contribution in [0.4, 0.5) is 0 Å². The number of benzene rings is 1. The molecule has 0 spiro atoms. The summed E-state index contributed by atoms with van der Waals surface area (Å²) in [7, 11) is 0.285. The molecule has 0 saturated carbocycles. The van der Waals surface area contributed by atoms with Crippen molar-refractivity contribution in [1.29, 1.82) is 0 Å². The van der Waals surface area contributed by atoms with Gasteiger partial charge in [-0.15, -0.1) is 0 Å². The van der Waals surface area contributed by atoms with Crippen molar-refractivity contribution < 1.29 is 23.6 Å². The molecule has 2 rings (SSSR count). The largest absolute Gasteiger partial charge is 0.481 e. The highest BCUT2D eigenvalue weighted by atomic mass is 31.2. The van der Waals surface area contributed by atoms with Crippen molar-refractivity contribution in [3.63, 3.8) is 0 Å². The van der Waals surface area contributed by atoms with Crippen LogP contribution in [0.2, 0.25) is 0 Å². The quantitative estimate of drug-likeness (QED) is 0.643. The first-order chi connectivity index (χ1) is 8.25. The molecule has 0 unspecified atom stereocenters. The predicted molar refractivity (Wildman–Crippen MR) is 68.4 cm³/mol. The summed E-state index contributed by atoms with van der Waals surface area (Å²) in [5, 5.41) is 0.